The maximum Gasteiger partial charge on any atom is 0.135 e. The van der Waals surface area contributed by atoms with Crippen LogP contribution in [0.2, 0.25) is 0 Å². The predicted octanol–water partition coefficient (Wildman–Crippen LogP) is 2.93. The van der Waals surface area contributed by atoms with E-state index in [0.717, 1.165) is 5.69 Å². The van der Waals surface area contributed by atoms with E-state index in [2.05, 4.69) is 41.3 Å². The molecule has 3 N–H and O–H groups in total. The number of benzene rings is 1. The van der Waals surface area contributed by atoms with Gasteiger partial charge in [-0.2, -0.15) is 0 Å². The van der Waals surface area contributed by atoms with E-state index < -0.39 is 0 Å². The van der Waals surface area contributed by atoms with Crippen molar-refractivity contribution in [2.75, 3.05) is 11.1 Å². The quantitative estimate of drug-likeness (QED) is 0.847. The van der Waals surface area contributed by atoms with Gasteiger partial charge in [0.05, 0.1) is 0 Å². The van der Waals surface area contributed by atoms with Gasteiger partial charge in [0.15, 0.2) is 0 Å². The number of anilines is 3. The third kappa shape index (κ3) is 2.93. The van der Waals surface area contributed by atoms with Gasteiger partial charge in [0.2, 0.25) is 0 Å². The zero-order valence-electron chi connectivity index (χ0n) is 10.0. The Labute approximate surface area is 101 Å². The molecule has 0 aliphatic heterocycles. The fourth-order valence-corrected chi connectivity index (χ4v) is 1.54. The first kappa shape index (κ1) is 11.4. The van der Waals surface area contributed by atoms with Crippen LogP contribution in [0.5, 0.6) is 0 Å². The lowest BCUT2D eigenvalue weighted by Gasteiger charge is -2.08. The first-order valence-electron chi connectivity index (χ1n) is 5.59. The highest BCUT2D eigenvalue weighted by molar-refractivity contribution is 5.58. The fourth-order valence-electron chi connectivity index (χ4n) is 1.54. The lowest BCUT2D eigenvalue weighted by atomic mass is 10.0. The van der Waals surface area contributed by atoms with Crippen LogP contribution in [0.25, 0.3) is 0 Å². The number of hydrogen-bond donors (Lipinski definition) is 2. The average molecular weight is 228 g/mol. The number of nitrogens with zero attached hydrogens (tertiary/aromatic N) is 2. The van der Waals surface area contributed by atoms with Gasteiger partial charge in [-0.15, -0.1) is 0 Å². The van der Waals surface area contributed by atoms with Crippen LogP contribution >= 0.6 is 0 Å². The van der Waals surface area contributed by atoms with E-state index in [9.17, 15) is 0 Å². The van der Waals surface area contributed by atoms with E-state index in [-0.39, 0.29) is 0 Å². The summed E-state index contributed by atoms with van der Waals surface area (Å²) in [5.41, 5.74) is 7.90. The number of nitrogens with two attached hydrogens (primary N) is 1. The third-order valence-electron chi connectivity index (χ3n) is 2.54. The van der Waals surface area contributed by atoms with E-state index in [4.69, 9.17) is 5.73 Å². The molecule has 0 aliphatic rings. The molecule has 88 valence electrons. The molecule has 0 spiro atoms. The van der Waals surface area contributed by atoms with Gasteiger partial charge in [-0.3, -0.25) is 0 Å². The minimum absolute atomic E-state index is 0.460. The molecule has 1 aromatic carbocycles. The van der Waals surface area contributed by atoms with Gasteiger partial charge in [-0.1, -0.05) is 26.0 Å². The molecular formula is C13H16N4. The summed E-state index contributed by atoms with van der Waals surface area (Å²) >= 11 is 0. The van der Waals surface area contributed by atoms with Crippen LogP contribution in [0.1, 0.15) is 25.3 Å². The maximum atomic E-state index is 5.58. The lowest BCUT2D eigenvalue weighted by molar-refractivity contribution is 0.867. The Balaban J connectivity index is 2.14. The molecule has 4 heteroatoms. The first-order valence-corrected chi connectivity index (χ1v) is 5.59. The summed E-state index contributed by atoms with van der Waals surface area (Å²) in [4.78, 5) is 7.94. The molecule has 1 aromatic heterocycles. The third-order valence-corrected chi connectivity index (χ3v) is 2.54. The smallest absolute Gasteiger partial charge is 0.135 e. The molecule has 0 saturated heterocycles. The van der Waals surface area contributed by atoms with E-state index in [1.165, 1.54) is 11.9 Å². The molecule has 1 heterocycles. The molecule has 0 bridgehead atoms. The van der Waals surface area contributed by atoms with Crippen molar-refractivity contribution in [3.8, 4) is 0 Å². The van der Waals surface area contributed by atoms with Crippen LogP contribution in [0.3, 0.4) is 0 Å². The number of aromatic nitrogens is 2. The highest BCUT2D eigenvalue weighted by Crippen LogP contribution is 2.19. The summed E-state index contributed by atoms with van der Waals surface area (Å²) in [5.74, 6) is 1.70. The molecule has 0 amide bonds. The van der Waals surface area contributed by atoms with Crippen LogP contribution in [-0.2, 0) is 0 Å². The van der Waals surface area contributed by atoms with Crippen LogP contribution in [-0.4, -0.2) is 9.97 Å². The van der Waals surface area contributed by atoms with E-state index in [0.29, 0.717) is 17.6 Å². The highest BCUT2D eigenvalue weighted by Gasteiger charge is 2.00. The number of hydrogen-bond acceptors (Lipinski definition) is 4. The fraction of sp³-hybridized carbons (Fsp3) is 0.231. The van der Waals surface area contributed by atoms with Gasteiger partial charge in [-0.05, 0) is 23.6 Å². The Morgan fingerprint density at radius 3 is 2.41 bits per heavy atom. The summed E-state index contributed by atoms with van der Waals surface area (Å²) in [5, 5.41) is 3.18. The Bertz CT molecular complexity index is 491. The van der Waals surface area contributed by atoms with Gasteiger partial charge in [-0.25, -0.2) is 9.97 Å². The van der Waals surface area contributed by atoms with Crippen LogP contribution in [0, 0.1) is 0 Å². The molecule has 0 radical (unpaired) electrons. The molecule has 2 aromatic rings. The Morgan fingerprint density at radius 1 is 1.12 bits per heavy atom. The normalized spacial score (nSPS) is 10.5. The van der Waals surface area contributed by atoms with Crippen molar-refractivity contribution >= 4 is 17.3 Å². The molecular weight excluding hydrogens is 212 g/mol. The van der Waals surface area contributed by atoms with E-state index >= 15 is 0 Å². The Morgan fingerprint density at radius 2 is 1.82 bits per heavy atom. The first-order chi connectivity index (χ1) is 8.15. The predicted molar refractivity (Wildman–Crippen MR) is 70.3 cm³/mol. The van der Waals surface area contributed by atoms with Crippen molar-refractivity contribution in [1.29, 1.82) is 0 Å². The molecule has 2 rings (SSSR count). The van der Waals surface area contributed by atoms with E-state index in [1.54, 1.807) is 6.07 Å². The van der Waals surface area contributed by atoms with Crippen molar-refractivity contribution in [3.05, 3.63) is 42.2 Å². The molecule has 0 saturated carbocycles. The summed E-state index contributed by atoms with van der Waals surface area (Å²) in [6, 6.07) is 9.99. The standard InChI is InChI=1S/C13H16N4/c1-9(2)10-3-5-11(6-4-10)17-13-7-12(14)15-8-16-13/h3-9H,1-2H3,(H3,14,15,16,17). The van der Waals surface area contributed by atoms with Gasteiger partial charge >= 0.3 is 0 Å². The highest BCUT2D eigenvalue weighted by atomic mass is 15.0. The maximum absolute atomic E-state index is 5.58. The second kappa shape index (κ2) is 4.82. The van der Waals surface area contributed by atoms with Crippen molar-refractivity contribution < 1.29 is 0 Å². The van der Waals surface area contributed by atoms with Crippen LogP contribution in [0.15, 0.2) is 36.7 Å². The molecule has 0 atom stereocenters. The summed E-state index contributed by atoms with van der Waals surface area (Å²) in [6.07, 6.45) is 1.44. The van der Waals surface area contributed by atoms with E-state index in [1.807, 2.05) is 12.1 Å². The average Bonchev–Trinajstić information content (AvgIpc) is 2.29. The topological polar surface area (TPSA) is 63.8 Å². The molecule has 0 fully saturated rings. The van der Waals surface area contributed by atoms with Crippen molar-refractivity contribution in [2.45, 2.75) is 19.8 Å². The largest absolute Gasteiger partial charge is 0.384 e. The number of rotatable bonds is 3. The van der Waals surface area contributed by atoms with Crippen LogP contribution in [0.4, 0.5) is 17.3 Å². The van der Waals surface area contributed by atoms with Crippen molar-refractivity contribution in [1.82, 2.24) is 9.97 Å². The van der Waals surface area contributed by atoms with Gasteiger partial charge < -0.3 is 11.1 Å². The summed E-state index contributed by atoms with van der Waals surface area (Å²) in [7, 11) is 0. The molecule has 0 aliphatic carbocycles. The summed E-state index contributed by atoms with van der Waals surface area (Å²) in [6.45, 7) is 4.35. The van der Waals surface area contributed by atoms with Crippen molar-refractivity contribution in [2.24, 2.45) is 0 Å². The minimum Gasteiger partial charge on any atom is -0.384 e. The molecule has 0 unspecified atom stereocenters. The monoisotopic (exact) mass is 228 g/mol. The zero-order chi connectivity index (χ0) is 12.3. The number of nitrogen functional groups attached to an aromatic ring is 1. The molecule has 4 nitrogen and oxygen atoms in total. The SMILES string of the molecule is CC(C)c1ccc(Nc2cc(N)ncn2)cc1. The minimum atomic E-state index is 0.460. The second-order valence-electron chi connectivity index (χ2n) is 4.23. The molecule has 17 heavy (non-hydrogen) atoms. The van der Waals surface area contributed by atoms with Crippen LogP contribution < -0.4 is 11.1 Å². The Kier molecular flexibility index (Phi) is 3.23. The number of nitrogens with one attached hydrogen (secondary N) is 1. The van der Waals surface area contributed by atoms with Gasteiger partial charge in [0.25, 0.3) is 0 Å². The Hall–Kier alpha value is -2.10. The van der Waals surface area contributed by atoms with Crippen molar-refractivity contribution in [3.63, 3.8) is 0 Å². The second-order valence-corrected chi connectivity index (χ2v) is 4.23. The van der Waals surface area contributed by atoms with Gasteiger partial charge in [0, 0.05) is 11.8 Å². The zero-order valence-corrected chi connectivity index (χ0v) is 10.0. The summed E-state index contributed by atoms with van der Waals surface area (Å²) < 4.78 is 0. The van der Waals surface area contributed by atoms with Gasteiger partial charge in [0.1, 0.15) is 18.0 Å². The lowest BCUT2D eigenvalue weighted by Crippen LogP contribution is -1.97.